The molecule has 0 amide bonds. The van der Waals surface area contributed by atoms with Crippen LogP contribution in [0, 0.1) is 18.2 Å². The highest BCUT2D eigenvalue weighted by molar-refractivity contribution is 6.10. The fraction of sp³-hybridized carbons (Fsp3) is 0.273. The normalized spacial score (nSPS) is 11.9. The van der Waals surface area contributed by atoms with Crippen molar-refractivity contribution in [3.05, 3.63) is 77.7 Å². The summed E-state index contributed by atoms with van der Waals surface area (Å²) in [7, 11) is 1.47. The Morgan fingerprint density at radius 3 is 2.50 bits per heavy atom. The maximum atomic E-state index is 14.1. The molecule has 0 unspecified atom stereocenters. The molecule has 8 heteroatoms. The van der Waals surface area contributed by atoms with Gasteiger partial charge in [0.25, 0.3) is 0 Å². The van der Waals surface area contributed by atoms with Gasteiger partial charge in [-0.25, -0.2) is 18.5 Å². The van der Waals surface area contributed by atoms with Crippen LogP contribution in [-0.4, -0.2) is 33.7 Å². The number of nitrogens with zero attached hydrogens (tertiary/aromatic N) is 4. The van der Waals surface area contributed by atoms with Crippen molar-refractivity contribution in [1.82, 2.24) is 15.0 Å². The number of ether oxygens (including phenoxy) is 1. The van der Waals surface area contributed by atoms with E-state index in [1.807, 2.05) is 13.8 Å². The first-order valence-electron chi connectivity index (χ1n) is 9.33. The Bertz CT molecular complexity index is 989. The van der Waals surface area contributed by atoms with Gasteiger partial charge >= 0.3 is 0 Å². The zero-order chi connectivity index (χ0) is 22.8. The second kappa shape index (κ2) is 11.7. The number of halogens is 2. The number of aromatic nitrogens is 3. The molecule has 0 aliphatic rings. The fourth-order valence-electron chi connectivity index (χ4n) is 2.53. The van der Waals surface area contributed by atoms with E-state index in [9.17, 15) is 8.78 Å². The molecule has 30 heavy (non-hydrogen) atoms. The van der Waals surface area contributed by atoms with E-state index in [2.05, 4.69) is 28.5 Å². The van der Waals surface area contributed by atoms with Gasteiger partial charge in [0.05, 0.1) is 23.6 Å². The van der Waals surface area contributed by atoms with E-state index < -0.39 is 11.6 Å². The Morgan fingerprint density at radius 1 is 1.30 bits per heavy atom. The Morgan fingerprint density at radius 2 is 1.97 bits per heavy atom. The van der Waals surface area contributed by atoms with E-state index in [1.54, 1.807) is 19.9 Å². The predicted molar refractivity (Wildman–Crippen MR) is 117 cm³/mol. The third-order valence-corrected chi connectivity index (χ3v) is 3.89. The molecule has 2 rings (SSSR count). The van der Waals surface area contributed by atoms with Gasteiger partial charge in [0, 0.05) is 7.11 Å². The monoisotopic (exact) mass is 415 g/mol. The standard InChI is InChI=1S/C20H21F2N5O.C2H6/c1-6-15(21)17(7-2)27-18(11-28-5)19(25-26-27)13(4)24-20(23)14-9-8-12(3)10-16(14)22;1-2/h6-10,23H,1-2,11H2,3-5H3;1-2H3/b17-15-,23-20?,24-13?;. The van der Waals surface area contributed by atoms with Crippen molar-refractivity contribution in [3.63, 3.8) is 0 Å². The number of allylic oxidation sites excluding steroid dienone is 4. The Balaban J connectivity index is 0.00000218. The summed E-state index contributed by atoms with van der Waals surface area (Å²) >= 11 is 0. The maximum absolute atomic E-state index is 14.1. The van der Waals surface area contributed by atoms with E-state index in [0.717, 1.165) is 11.6 Å². The summed E-state index contributed by atoms with van der Waals surface area (Å²) in [6.45, 7) is 14.4. The second-order valence-electron chi connectivity index (χ2n) is 5.90. The molecule has 6 nitrogen and oxygen atoms in total. The van der Waals surface area contributed by atoms with Crippen LogP contribution in [0.2, 0.25) is 0 Å². The highest BCUT2D eigenvalue weighted by Crippen LogP contribution is 2.20. The van der Waals surface area contributed by atoms with Crippen molar-refractivity contribution >= 4 is 17.2 Å². The highest BCUT2D eigenvalue weighted by atomic mass is 19.1. The lowest BCUT2D eigenvalue weighted by atomic mass is 10.1. The number of hydrogen-bond donors (Lipinski definition) is 1. The summed E-state index contributed by atoms with van der Waals surface area (Å²) in [6, 6.07) is 4.53. The van der Waals surface area contributed by atoms with Crippen molar-refractivity contribution in [2.45, 2.75) is 34.3 Å². The van der Waals surface area contributed by atoms with Gasteiger partial charge in [0.15, 0.2) is 5.84 Å². The third kappa shape index (κ3) is 5.64. The van der Waals surface area contributed by atoms with Gasteiger partial charge < -0.3 is 4.74 Å². The van der Waals surface area contributed by atoms with Crippen LogP contribution in [-0.2, 0) is 11.3 Å². The van der Waals surface area contributed by atoms with Gasteiger partial charge in [-0.05, 0) is 43.7 Å². The van der Waals surface area contributed by atoms with Crippen molar-refractivity contribution in [2.24, 2.45) is 4.99 Å². The minimum atomic E-state index is -0.632. The lowest BCUT2D eigenvalue weighted by Crippen LogP contribution is -2.10. The van der Waals surface area contributed by atoms with Crippen LogP contribution in [0.5, 0.6) is 0 Å². The van der Waals surface area contributed by atoms with Crippen LogP contribution in [0.1, 0.15) is 43.3 Å². The van der Waals surface area contributed by atoms with Crippen LogP contribution in [0.15, 0.2) is 54.3 Å². The predicted octanol–water partition coefficient (Wildman–Crippen LogP) is 5.24. The molecule has 1 aromatic carbocycles. The molecular weight excluding hydrogens is 388 g/mol. The van der Waals surface area contributed by atoms with Crippen LogP contribution in [0.4, 0.5) is 8.78 Å². The van der Waals surface area contributed by atoms with Gasteiger partial charge in [-0.15, -0.1) is 5.10 Å². The van der Waals surface area contributed by atoms with Crippen molar-refractivity contribution in [3.8, 4) is 0 Å². The molecule has 0 saturated heterocycles. The van der Waals surface area contributed by atoms with Gasteiger partial charge in [0.1, 0.15) is 23.0 Å². The molecule has 0 fully saturated rings. The number of amidine groups is 1. The zero-order valence-electron chi connectivity index (χ0n) is 18.0. The van der Waals surface area contributed by atoms with Crippen LogP contribution >= 0.6 is 0 Å². The fourth-order valence-corrected chi connectivity index (χ4v) is 2.53. The molecule has 0 spiro atoms. The van der Waals surface area contributed by atoms with E-state index in [4.69, 9.17) is 10.1 Å². The van der Waals surface area contributed by atoms with E-state index >= 15 is 0 Å². The topological polar surface area (TPSA) is 76.2 Å². The van der Waals surface area contributed by atoms with Crippen LogP contribution < -0.4 is 0 Å². The highest BCUT2D eigenvalue weighted by Gasteiger charge is 2.19. The minimum Gasteiger partial charge on any atom is -0.378 e. The molecule has 0 bridgehead atoms. The lowest BCUT2D eigenvalue weighted by molar-refractivity contribution is 0.179. The number of nitrogens with one attached hydrogen (secondary N) is 1. The molecule has 1 N–H and O–H groups in total. The van der Waals surface area contributed by atoms with E-state index in [0.29, 0.717) is 17.1 Å². The molecule has 0 radical (unpaired) electrons. The molecule has 160 valence electrons. The number of aliphatic imine (C=N–C) groups is 1. The van der Waals surface area contributed by atoms with E-state index in [1.165, 1.54) is 30.0 Å². The van der Waals surface area contributed by atoms with Gasteiger partial charge in [0.2, 0.25) is 0 Å². The molecule has 1 aromatic heterocycles. The zero-order valence-corrected chi connectivity index (χ0v) is 18.0. The smallest absolute Gasteiger partial charge is 0.155 e. The first-order valence-corrected chi connectivity index (χ1v) is 9.33. The molecule has 0 saturated carbocycles. The molecule has 0 aliphatic carbocycles. The Kier molecular flexibility index (Phi) is 9.64. The molecule has 0 aliphatic heterocycles. The first-order chi connectivity index (χ1) is 14.3. The Labute approximate surface area is 175 Å². The van der Waals surface area contributed by atoms with Gasteiger partial charge in [-0.1, -0.05) is 38.3 Å². The summed E-state index contributed by atoms with van der Waals surface area (Å²) in [5, 5.41) is 16.1. The molecular formula is C22H27F2N5O. The minimum absolute atomic E-state index is 0.0493. The van der Waals surface area contributed by atoms with Gasteiger partial charge in [-0.3, -0.25) is 5.41 Å². The SMILES string of the molecule is C=C/C(F)=C(\C=C)n1nnc(C(C)=NC(=N)c2ccc(C)cc2F)c1COC.CC. The molecule has 1 heterocycles. The number of aryl methyl sites for hydroxylation is 1. The maximum Gasteiger partial charge on any atom is 0.155 e. The van der Waals surface area contributed by atoms with E-state index in [-0.39, 0.29) is 23.7 Å². The van der Waals surface area contributed by atoms with Crippen molar-refractivity contribution < 1.29 is 13.5 Å². The van der Waals surface area contributed by atoms with Crippen LogP contribution in [0.3, 0.4) is 0 Å². The number of methoxy groups -OCH3 is 1. The largest absolute Gasteiger partial charge is 0.378 e. The first kappa shape index (κ1) is 24.8. The average Bonchev–Trinajstić information content (AvgIpc) is 3.13. The Hall–Kier alpha value is -3.26. The summed E-state index contributed by atoms with van der Waals surface area (Å²) in [4.78, 5) is 4.15. The van der Waals surface area contributed by atoms with Gasteiger partial charge in [-0.2, -0.15) is 0 Å². The summed E-state index contributed by atoms with van der Waals surface area (Å²) in [5.74, 6) is -1.43. The van der Waals surface area contributed by atoms with Crippen molar-refractivity contribution in [1.29, 1.82) is 5.41 Å². The average molecular weight is 415 g/mol. The third-order valence-electron chi connectivity index (χ3n) is 3.89. The van der Waals surface area contributed by atoms with Crippen molar-refractivity contribution in [2.75, 3.05) is 7.11 Å². The number of benzene rings is 1. The molecule has 0 atom stereocenters. The second-order valence-corrected chi connectivity index (χ2v) is 5.90. The quantitative estimate of drug-likeness (QED) is 0.382. The summed E-state index contributed by atoms with van der Waals surface area (Å²) in [6.07, 6.45) is 2.32. The summed E-state index contributed by atoms with van der Waals surface area (Å²) in [5.41, 5.74) is 1.88. The van der Waals surface area contributed by atoms with Crippen LogP contribution in [0.25, 0.3) is 5.70 Å². The summed E-state index contributed by atoms with van der Waals surface area (Å²) < 4.78 is 34.6. The number of hydrogen-bond acceptors (Lipinski definition) is 4. The lowest BCUT2D eigenvalue weighted by Gasteiger charge is -2.09. The number of rotatable bonds is 7. The molecule has 2 aromatic rings.